The number of amides is 1. The predicted molar refractivity (Wildman–Crippen MR) is 77.8 cm³/mol. The maximum atomic E-state index is 13.3. The highest BCUT2D eigenvalue weighted by molar-refractivity contribution is 5.81. The zero-order valence-electron chi connectivity index (χ0n) is 12.9. The number of benzene rings is 1. The van der Waals surface area contributed by atoms with E-state index < -0.39 is 24.3 Å². The van der Waals surface area contributed by atoms with Gasteiger partial charge < -0.3 is 14.4 Å². The lowest BCUT2D eigenvalue weighted by molar-refractivity contribution is -0.237. The number of halogens is 3. The van der Waals surface area contributed by atoms with Crippen molar-refractivity contribution in [1.82, 2.24) is 4.90 Å². The third kappa shape index (κ3) is 4.68. The summed E-state index contributed by atoms with van der Waals surface area (Å²) in [4.78, 5) is 13.9. The van der Waals surface area contributed by atoms with E-state index in [-0.39, 0.29) is 12.0 Å². The zero-order chi connectivity index (χ0) is 16.9. The highest BCUT2D eigenvalue weighted by Crippen LogP contribution is 2.37. The number of carbonyl (C=O) groups is 1. The molecule has 1 aliphatic rings. The summed E-state index contributed by atoms with van der Waals surface area (Å²) in [6.07, 6.45) is -7.64. The van der Waals surface area contributed by atoms with Gasteiger partial charge in [0.2, 0.25) is 0 Å². The van der Waals surface area contributed by atoms with E-state index in [0.29, 0.717) is 26.3 Å². The minimum Gasteiger partial charge on any atom is -0.378 e. The van der Waals surface area contributed by atoms with Crippen LogP contribution in [0.15, 0.2) is 30.3 Å². The number of carbonyl (C=O) groups excluding carboxylic acids is 1. The molecule has 0 saturated carbocycles. The van der Waals surface area contributed by atoms with Gasteiger partial charge in [0.05, 0.1) is 13.2 Å². The van der Waals surface area contributed by atoms with Gasteiger partial charge in [-0.1, -0.05) is 37.3 Å². The number of rotatable bonds is 5. The van der Waals surface area contributed by atoms with Crippen molar-refractivity contribution in [2.75, 3.05) is 26.3 Å². The van der Waals surface area contributed by atoms with E-state index in [4.69, 9.17) is 9.47 Å². The molecule has 2 rings (SSSR count). The fourth-order valence-corrected chi connectivity index (χ4v) is 2.45. The monoisotopic (exact) mass is 331 g/mol. The van der Waals surface area contributed by atoms with Gasteiger partial charge in [-0.2, -0.15) is 13.2 Å². The first kappa shape index (κ1) is 17.7. The van der Waals surface area contributed by atoms with E-state index in [0.717, 1.165) is 0 Å². The Morgan fingerprint density at radius 2 is 1.87 bits per heavy atom. The Labute approximate surface area is 133 Å². The summed E-state index contributed by atoms with van der Waals surface area (Å²) >= 11 is 0. The van der Waals surface area contributed by atoms with Crippen LogP contribution >= 0.6 is 0 Å². The molecule has 2 atom stereocenters. The fourth-order valence-electron chi connectivity index (χ4n) is 2.45. The Morgan fingerprint density at radius 1 is 1.26 bits per heavy atom. The Hall–Kier alpha value is -1.60. The van der Waals surface area contributed by atoms with E-state index in [1.54, 1.807) is 13.0 Å². The summed E-state index contributed by atoms with van der Waals surface area (Å²) in [6, 6.07) is 7.37. The van der Waals surface area contributed by atoms with Crippen LogP contribution < -0.4 is 0 Å². The van der Waals surface area contributed by atoms with Crippen LogP contribution in [0.4, 0.5) is 13.2 Å². The van der Waals surface area contributed by atoms with Crippen LogP contribution in [0.5, 0.6) is 0 Å². The normalized spacial score (nSPS) is 18.5. The molecule has 1 fully saturated rings. The standard InChI is InChI=1S/C16H20F3NO3/c1-2-13(15(21)20-8-10-22-11-9-20)23-14(16(17,18)19)12-6-4-3-5-7-12/h3-7,13-14H,2,8-11H2,1H3. The van der Waals surface area contributed by atoms with Gasteiger partial charge in [0, 0.05) is 13.1 Å². The third-order valence-electron chi connectivity index (χ3n) is 3.67. The summed E-state index contributed by atoms with van der Waals surface area (Å²) in [5.74, 6) is -0.416. The molecule has 7 heteroatoms. The van der Waals surface area contributed by atoms with Crippen molar-refractivity contribution in [2.45, 2.75) is 31.7 Å². The smallest absolute Gasteiger partial charge is 0.378 e. The summed E-state index contributed by atoms with van der Waals surface area (Å²) < 4.78 is 50.4. The molecule has 23 heavy (non-hydrogen) atoms. The predicted octanol–water partition coefficient (Wildman–Crippen LogP) is 2.94. The summed E-state index contributed by atoms with van der Waals surface area (Å²) in [5, 5.41) is 0. The highest BCUT2D eigenvalue weighted by atomic mass is 19.4. The van der Waals surface area contributed by atoms with E-state index in [1.165, 1.54) is 29.2 Å². The maximum absolute atomic E-state index is 13.3. The first-order valence-electron chi connectivity index (χ1n) is 7.57. The Kier molecular flexibility index (Phi) is 6.01. The SMILES string of the molecule is CCC(OC(c1ccccc1)C(F)(F)F)C(=O)N1CCOCC1. The second-order valence-electron chi connectivity index (χ2n) is 5.30. The second-order valence-corrected chi connectivity index (χ2v) is 5.30. The topological polar surface area (TPSA) is 38.8 Å². The van der Waals surface area contributed by atoms with Crippen molar-refractivity contribution in [3.05, 3.63) is 35.9 Å². The van der Waals surface area contributed by atoms with Gasteiger partial charge in [0.15, 0.2) is 6.10 Å². The number of hydrogen-bond acceptors (Lipinski definition) is 3. The minimum atomic E-state index is -4.58. The van der Waals surface area contributed by atoms with Gasteiger partial charge >= 0.3 is 6.18 Å². The molecule has 1 saturated heterocycles. The van der Waals surface area contributed by atoms with E-state index >= 15 is 0 Å². The van der Waals surface area contributed by atoms with E-state index in [1.807, 2.05) is 0 Å². The van der Waals surface area contributed by atoms with Crippen molar-refractivity contribution in [3.63, 3.8) is 0 Å². The van der Waals surface area contributed by atoms with Crippen molar-refractivity contribution in [3.8, 4) is 0 Å². The number of morpholine rings is 1. The average molecular weight is 331 g/mol. The molecule has 0 spiro atoms. The molecule has 0 radical (unpaired) electrons. The van der Waals surface area contributed by atoms with Gasteiger partial charge in [0.1, 0.15) is 6.10 Å². The molecule has 0 aliphatic carbocycles. The Morgan fingerprint density at radius 3 is 2.39 bits per heavy atom. The first-order valence-corrected chi connectivity index (χ1v) is 7.57. The average Bonchev–Trinajstić information content (AvgIpc) is 2.56. The molecule has 0 bridgehead atoms. The summed E-state index contributed by atoms with van der Waals surface area (Å²) in [6.45, 7) is 3.18. The Balaban J connectivity index is 2.14. The number of hydrogen-bond donors (Lipinski definition) is 0. The molecular weight excluding hydrogens is 311 g/mol. The number of ether oxygens (including phenoxy) is 2. The van der Waals surface area contributed by atoms with Crippen LogP contribution in [0.2, 0.25) is 0 Å². The van der Waals surface area contributed by atoms with E-state index in [2.05, 4.69) is 0 Å². The third-order valence-corrected chi connectivity index (χ3v) is 3.67. The number of nitrogens with zero attached hydrogens (tertiary/aromatic N) is 1. The van der Waals surface area contributed by atoms with Crippen LogP contribution in [-0.2, 0) is 14.3 Å². The largest absolute Gasteiger partial charge is 0.418 e. The highest BCUT2D eigenvalue weighted by Gasteiger charge is 2.44. The van der Waals surface area contributed by atoms with Gasteiger partial charge in [0.25, 0.3) is 5.91 Å². The van der Waals surface area contributed by atoms with Gasteiger partial charge in [-0.05, 0) is 12.0 Å². The molecule has 128 valence electrons. The minimum absolute atomic E-state index is 0.00627. The quantitative estimate of drug-likeness (QED) is 0.833. The lowest BCUT2D eigenvalue weighted by atomic mass is 10.1. The van der Waals surface area contributed by atoms with Crippen molar-refractivity contribution in [1.29, 1.82) is 0 Å². The van der Waals surface area contributed by atoms with Crippen LogP contribution in [0.1, 0.15) is 25.0 Å². The molecule has 1 aliphatic heterocycles. The maximum Gasteiger partial charge on any atom is 0.418 e. The van der Waals surface area contributed by atoms with Crippen molar-refractivity contribution >= 4 is 5.91 Å². The van der Waals surface area contributed by atoms with Crippen LogP contribution in [0, 0.1) is 0 Å². The summed E-state index contributed by atoms with van der Waals surface area (Å²) in [7, 11) is 0. The Bertz CT molecular complexity index is 501. The van der Waals surface area contributed by atoms with Crippen LogP contribution in [-0.4, -0.2) is 49.4 Å². The molecule has 4 nitrogen and oxygen atoms in total. The number of alkyl halides is 3. The molecule has 1 amide bonds. The van der Waals surface area contributed by atoms with Gasteiger partial charge in [-0.15, -0.1) is 0 Å². The molecular formula is C16H20F3NO3. The van der Waals surface area contributed by atoms with Gasteiger partial charge in [-0.25, -0.2) is 0 Å². The fraction of sp³-hybridized carbons (Fsp3) is 0.562. The molecule has 1 aromatic carbocycles. The summed E-state index contributed by atoms with van der Waals surface area (Å²) in [5.41, 5.74) is -0.00627. The van der Waals surface area contributed by atoms with Crippen molar-refractivity contribution in [2.24, 2.45) is 0 Å². The van der Waals surface area contributed by atoms with Gasteiger partial charge in [-0.3, -0.25) is 4.79 Å². The molecule has 0 aromatic heterocycles. The lowest BCUT2D eigenvalue weighted by Gasteiger charge is -2.32. The molecule has 1 aromatic rings. The molecule has 0 N–H and O–H groups in total. The molecule has 2 unspecified atom stereocenters. The first-order chi connectivity index (χ1) is 10.9. The van der Waals surface area contributed by atoms with E-state index in [9.17, 15) is 18.0 Å². The lowest BCUT2D eigenvalue weighted by Crippen LogP contribution is -2.47. The zero-order valence-corrected chi connectivity index (χ0v) is 12.9. The second kappa shape index (κ2) is 7.79. The molecule has 1 heterocycles. The van der Waals surface area contributed by atoms with Crippen LogP contribution in [0.3, 0.4) is 0 Å². The van der Waals surface area contributed by atoms with Crippen LogP contribution in [0.25, 0.3) is 0 Å². The van der Waals surface area contributed by atoms with Crippen molar-refractivity contribution < 1.29 is 27.4 Å².